The molecule has 92 valence electrons. The van der Waals surface area contributed by atoms with Crippen LogP contribution in [0.25, 0.3) is 0 Å². The van der Waals surface area contributed by atoms with E-state index in [1.54, 1.807) is 0 Å². The molecule has 2 fully saturated rings. The number of halogens is 1. The fourth-order valence-electron chi connectivity index (χ4n) is 3.06. The molecule has 1 heterocycles. The van der Waals surface area contributed by atoms with E-state index in [1.165, 1.54) is 50.3 Å². The molecule has 2 nitrogen and oxygen atoms in total. The van der Waals surface area contributed by atoms with Crippen molar-refractivity contribution in [1.29, 1.82) is 0 Å². The lowest BCUT2D eigenvalue weighted by molar-refractivity contribution is 0.0968. The van der Waals surface area contributed by atoms with E-state index in [4.69, 9.17) is 11.6 Å². The lowest BCUT2D eigenvalue weighted by Crippen LogP contribution is -2.48. The molecular formula is C12H20ClNOS. The first-order chi connectivity index (χ1) is 7.83. The maximum absolute atomic E-state index is 12.0. The van der Waals surface area contributed by atoms with Gasteiger partial charge in [0.25, 0.3) is 5.24 Å². The normalized spacial score (nSPS) is 29.9. The highest BCUT2D eigenvalue weighted by molar-refractivity contribution is 8.13. The molecule has 1 aliphatic heterocycles. The van der Waals surface area contributed by atoms with Crippen LogP contribution in [0.15, 0.2) is 0 Å². The first-order valence-electron chi connectivity index (χ1n) is 6.32. The Kier molecular flexibility index (Phi) is 4.83. The highest BCUT2D eigenvalue weighted by Gasteiger charge is 2.35. The van der Waals surface area contributed by atoms with Gasteiger partial charge < -0.3 is 4.90 Å². The summed E-state index contributed by atoms with van der Waals surface area (Å²) in [5.41, 5.74) is 0. The second kappa shape index (κ2) is 6.15. The van der Waals surface area contributed by atoms with Crippen molar-refractivity contribution in [3.05, 3.63) is 0 Å². The van der Waals surface area contributed by atoms with Crippen LogP contribution in [0.3, 0.4) is 0 Å². The monoisotopic (exact) mass is 261 g/mol. The van der Waals surface area contributed by atoms with Crippen molar-refractivity contribution in [1.82, 2.24) is 4.90 Å². The predicted molar refractivity (Wildman–Crippen MR) is 70.3 cm³/mol. The number of nitrogens with zero attached hydrogens (tertiary/aromatic N) is 1. The van der Waals surface area contributed by atoms with E-state index in [9.17, 15) is 4.79 Å². The molecule has 0 aromatic carbocycles. The van der Waals surface area contributed by atoms with E-state index in [2.05, 4.69) is 4.90 Å². The Morgan fingerprint density at radius 1 is 1.25 bits per heavy atom. The molecule has 0 unspecified atom stereocenters. The van der Waals surface area contributed by atoms with Gasteiger partial charge in [-0.2, -0.15) is 0 Å². The highest BCUT2D eigenvalue weighted by Crippen LogP contribution is 2.36. The zero-order chi connectivity index (χ0) is 11.4. The van der Waals surface area contributed by atoms with E-state index in [1.807, 2.05) is 0 Å². The van der Waals surface area contributed by atoms with Crippen LogP contribution < -0.4 is 0 Å². The third-order valence-electron chi connectivity index (χ3n) is 3.78. The Labute approximate surface area is 107 Å². The minimum Gasteiger partial charge on any atom is -0.330 e. The average Bonchev–Trinajstić information content (AvgIpc) is 2.35. The van der Waals surface area contributed by atoms with Crippen molar-refractivity contribution in [2.45, 2.75) is 44.6 Å². The summed E-state index contributed by atoms with van der Waals surface area (Å²) in [4.78, 5) is 14.2. The van der Waals surface area contributed by atoms with Crippen LogP contribution in [-0.4, -0.2) is 34.4 Å². The number of carbonyl (C=O) groups excluding carboxylic acids is 1. The quantitative estimate of drug-likeness (QED) is 0.706. The number of fused-ring (bicyclic) bond motifs is 1. The molecule has 2 atom stereocenters. The smallest absolute Gasteiger partial charge is 0.281 e. The topological polar surface area (TPSA) is 20.3 Å². The lowest BCUT2D eigenvalue weighted by Gasteiger charge is -2.43. The van der Waals surface area contributed by atoms with Gasteiger partial charge in [-0.3, -0.25) is 4.79 Å². The molecule has 0 N–H and O–H groups in total. The second-order valence-electron chi connectivity index (χ2n) is 4.75. The molecule has 1 aliphatic carbocycles. The van der Waals surface area contributed by atoms with Gasteiger partial charge in [-0.25, -0.2) is 0 Å². The van der Waals surface area contributed by atoms with Crippen molar-refractivity contribution in [2.75, 3.05) is 18.2 Å². The van der Waals surface area contributed by atoms with Crippen molar-refractivity contribution in [2.24, 2.45) is 5.92 Å². The first kappa shape index (κ1) is 12.6. The number of carbonyl (C=O) groups is 1. The Morgan fingerprint density at radius 2 is 2.00 bits per heavy atom. The van der Waals surface area contributed by atoms with Crippen LogP contribution in [-0.2, 0) is 0 Å². The summed E-state index contributed by atoms with van der Waals surface area (Å²) in [6.07, 6.45) is 7.72. The number of thioether (sulfide) groups is 1. The maximum atomic E-state index is 12.0. The second-order valence-corrected chi connectivity index (χ2v) is 6.17. The van der Waals surface area contributed by atoms with Crippen LogP contribution >= 0.6 is 23.4 Å². The molecule has 16 heavy (non-hydrogen) atoms. The molecule has 1 saturated heterocycles. The summed E-state index contributed by atoms with van der Waals surface area (Å²) < 4.78 is 0. The van der Waals surface area contributed by atoms with Gasteiger partial charge in [-0.15, -0.1) is 11.6 Å². The Morgan fingerprint density at radius 3 is 2.81 bits per heavy atom. The zero-order valence-electron chi connectivity index (χ0n) is 9.66. The largest absolute Gasteiger partial charge is 0.330 e. The van der Waals surface area contributed by atoms with Gasteiger partial charge in [0.05, 0.1) is 0 Å². The Bertz CT molecular complexity index is 247. The molecular weight excluding hydrogens is 242 g/mol. The van der Waals surface area contributed by atoms with Crippen molar-refractivity contribution >= 4 is 28.6 Å². The van der Waals surface area contributed by atoms with E-state index >= 15 is 0 Å². The van der Waals surface area contributed by atoms with Crippen LogP contribution in [0.2, 0.25) is 0 Å². The lowest BCUT2D eigenvalue weighted by atomic mass is 9.78. The van der Waals surface area contributed by atoms with E-state index < -0.39 is 0 Å². The molecule has 0 radical (unpaired) electrons. The van der Waals surface area contributed by atoms with Gasteiger partial charge in [0.1, 0.15) is 0 Å². The summed E-state index contributed by atoms with van der Waals surface area (Å²) >= 11 is 7.02. The fraction of sp³-hybridized carbons (Fsp3) is 0.917. The number of hydrogen-bond acceptors (Lipinski definition) is 2. The number of amides is 1. The van der Waals surface area contributed by atoms with Gasteiger partial charge in [0.2, 0.25) is 0 Å². The summed E-state index contributed by atoms with van der Waals surface area (Å²) in [6, 6.07) is 0.540. The molecule has 0 bridgehead atoms. The summed E-state index contributed by atoms with van der Waals surface area (Å²) in [6.45, 7) is 0.968. The number of piperidine rings is 1. The van der Waals surface area contributed by atoms with Crippen LogP contribution in [0.5, 0.6) is 0 Å². The first-order valence-corrected chi connectivity index (χ1v) is 7.84. The SMILES string of the molecule is O=C(SCCCl)N1CCC[C@H]2CCCC[C@H]21. The summed E-state index contributed by atoms with van der Waals surface area (Å²) in [5.74, 6) is 2.09. The fourth-order valence-corrected chi connectivity index (χ4v) is 3.94. The van der Waals surface area contributed by atoms with Crippen molar-refractivity contribution < 1.29 is 4.79 Å². The summed E-state index contributed by atoms with van der Waals surface area (Å²) in [5, 5.41) is 0.261. The average molecular weight is 262 g/mol. The molecule has 1 saturated carbocycles. The number of likely N-dealkylation sites (tertiary alicyclic amines) is 1. The third-order valence-corrected chi connectivity index (χ3v) is 5.08. The molecule has 1 amide bonds. The molecule has 0 aromatic rings. The zero-order valence-corrected chi connectivity index (χ0v) is 11.2. The molecule has 4 heteroatoms. The van der Waals surface area contributed by atoms with Gasteiger partial charge in [-0.05, 0) is 31.6 Å². The van der Waals surface area contributed by atoms with Crippen molar-refractivity contribution in [3.8, 4) is 0 Å². The maximum Gasteiger partial charge on any atom is 0.281 e. The standard InChI is InChI=1S/C12H20ClNOS/c13-7-9-16-12(15)14-8-3-5-10-4-1-2-6-11(10)14/h10-11H,1-9H2/t10-,11-/m1/s1. The van der Waals surface area contributed by atoms with E-state index in [-0.39, 0.29) is 5.24 Å². The van der Waals surface area contributed by atoms with Gasteiger partial charge in [-0.1, -0.05) is 24.6 Å². The van der Waals surface area contributed by atoms with E-state index in [0.717, 1.165) is 18.2 Å². The van der Waals surface area contributed by atoms with Crippen LogP contribution in [0.4, 0.5) is 4.79 Å². The Hall–Kier alpha value is 0.110. The third kappa shape index (κ3) is 2.86. The number of hydrogen-bond donors (Lipinski definition) is 0. The Balaban J connectivity index is 1.93. The van der Waals surface area contributed by atoms with Gasteiger partial charge in [0, 0.05) is 24.2 Å². The number of rotatable bonds is 2. The molecule has 2 aliphatic rings. The van der Waals surface area contributed by atoms with Crippen LogP contribution in [0.1, 0.15) is 38.5 Å². The van der Waals surface area contributed by atoms with Crippen molar-refractivity contribution in [3.63, 3.8) is 0 Å². The molecule has 0 aromatic heterocycles. The van der Waals surface area contributed by atoms with Crippen LogP contribution in [0, 0.1) is 5.92 Å². The highest BCUT2D eigenvalue weighted by atomic mass is 35.5. The van der Waals surface area contributed by atoms with E-state index in [0.29, 0.717) is 11.9 Å². The summed E-state index contributed by atoms with van der Waals surface area (Å²) in [7, 11) is 0. The molecule has 2 rings (SSSR count). The van der Waals surface area contributed by atoms with Gasteiger partial charge >= 0.3 is 0 Å². The number of alkyl halides is 1. The minimum absolute atomic E-state index is 0.261. The molecule has 0 spiro atoms. The predicted octanol–water partition coefficient (Wildman–Crippen LogP) is 3.73. The van der Waals surface area contributed by atoms with Gasteiger partial charge in [0.15, 0.2) is 0 Å². The minimum atomic E-state index is 0.261.